The van der Waals surface area contributed by atoms with Gasteiger partial charge in [-0.05, 0) is 12.1 Å². The van der Waals surface area contributed by atoms with Crippen LogP contribution in [-0.4, -0.2) is 24.2 Å². The number of halogens is 2. The first-order valence-corrected chi connectivity index (χ1v) is 5.36. The molecule has 1 saturated heterocycles. The van der Waals surface area contributed by atoms with E-state index in [-0.39, 0.29) is 35.6 Å². The summed E-state index contributed by atoms with van der Waals surface area (Å²) in [5.74, 6) is -0.887. The molecule has 0 aliphatic carbocycles. The van der Waals surface area contributed by atoms with Crippen LogP contribution in [0.25, 0.3) is 0 Å². The van der Waals surface area contributed by atoms with Crippen LogP contribution in [0.2, 0.25) is 5.02 Å². The minimum Gasteiger partial charge on any atom is -0.396 e. The van der Waals surface area contributed by atoms with E-state index in [0.717, 1.165) is 0 Å². The molecule has 1 aromatic carbocycles. The average molecular weight is 244 g/mol. The van der Waals surface area contributed by atoms with E-state index < -0.39 is 5.82 Å². The van der Waals surface area contributed by atoms with Crippen LogP contribution in [0.4, 0.5) is 10.1 Å². The van der Waals surface area contributed by atoms with Crippen LogP contribution in [-0.2, 0) is 4.79 Å². The Labute approximate surface area is 97.4 Å². The van der Waals surface area contributed by atoms with Crippen LogP contribution < -0.4 is 4.90 Å². The van der Waals surface area contributed by atoms with Crippen molar-refractivity contribution in [2.75, 3.05) is 18.1 Å². The van der Waals surface area contributed by atoms with Gasteiger partial charge in [0.1, 0.15) is 0 Å². The summed E-state index contributed by atoms with van der Waals surface area (Å²) in [4.78, 5) is 12.9. The Kier molecular flexibility index (Phi) is 3.12. The molecule has 0 aromatic heterocycles. The number of benzene rings is 1. The second-order valence-electron chi connectivity index (χ2n) is 3.83. The van der Waals surface area contributed by atoms with E-state index in [1.54, 1.807) is 6.07 Å². The Morgan fingerprint density at radius 1 is 1.56 bits per heavy atom. The van der Waals surface area contributed by atoms with E-state index in [1.807, 2.05) is 0 Å². The third-order valence-electron chi connectivity index (χ3n) is 2.69. The maximum atomic E-state index is 13.7. The molecule has 1 amide bonds. The first-order valence-electron chi connectivity index (χ1n) is 4.98. The lowest BCUT2D eigenvalue weighted by atomic mass is 10.1. The SMILES string of the molecule is O=C1CC(CO)CN1c1cccc(Cl)c1F. The van der Waals surface area contributed by atoms with Gasteiger partial charge in [-0.25, -0.2) is 4.39 Å². The van der Waals surface area contributed by atoms with Crippen LogP contribution in [0.1, 0.15) is 6.42 Å². The minimum absolute atomic E-state index is 0.00208. The van der Waals surface area contributed by atoms with Crippen molar-refractivity contribution in [3.05, 3.63) is 29.0 Å². The fourth-order valence-corrected chi connectivity index (χ4v) is 2.01. The van der Waals surface area contributed by atoms with Crippen LogP contribution in [0.3, 0.4) is 0 Å². The number of hydrogen-bond donors (Lipinski definition) is 1. The van der Waals surface area contributed by atoms with Gasteiger partial charge in [0.25, 0.3) is 0 Å². The first-order chi connectivity index (χ1) is 7.63. The van der Waals surface area contributed by atoms with Crippen molar-refractivity contribution >= 4 is 23.2 Å². The maximum absolute atomic E-state index is 13.7. The highest BCUT2D eigenvalue weighted by atomic mass is 35.5. The molecular formula is C11H11ClFNO2. The zero-order valence-electron chi connectivity index (χ0n) is 8.49. The second kappa shape index (κ2) is 4.39. The molecule has 86 valence electrons. The zero-order valence-corrected chi connectivity index (χ0v) is 9.25. The van der Waals surface area contributed by atoms with Gasteiger partial charge in [0, 0.05) is 25.5 Å². The zero-order chi connectivity index (χ0) is 11.7. The molecule has 0 saturated carbocycles. The highest BCUT2D eigenvalue weighted by Crippen LogP contribution is 2.30. The fourth-order valence-electron chi connectivity index (χ4n) is 1.84. The monoisotopic (exact) mass is 243 g/mol. The lowest BCUT2D eigenvalue weighted by molar-refractivity contribution is -0.117. The van der Waals surface area contributed by atoms with Crippen molar-refractivity contribution in [3.63, 3.8) is 0 Å². The normalized spacial score (nSPS) is 20.6. The number of amides is 1. The quantitative estimate of drug-likeness (QED) is 0.861. The van der Waals surface area contributed by atoms with Gasteiger partial charge in [-0.2, -0.15) is 0 Å². The number of carbonyl (C=O) groups excluding carboxylic acids is 1. The van der Waals surface area contributed by atoms with Gasteiger partial charge in [0.2, 0.25) is 5.91 Å². The molecule has 1 fully saturated rings. The molecule has 1 heterocycles. The number of nitrogens with zero attached hydrogens (tertiary/aromatic N) is 1. The minimum atomic E-state index is -0.587. The number of hydrogen-bond acceptors (Lipinski definition) is 2. The number of rotatable bonds is 2. The first kappa shape index (κ1) is 11.4. The van der Waals surface area contributed by atoms with Gasteiger partial charge < -0.3 is 10.0 Å². The molecule has 1 aliphatic heterocycles. The molecule has 16 heavy (non-hydrogen) atoms. The summed E-state index contributed by atoms with van der Waals surface area (Å²) in [7, 11) is 0. The molecule has 0 radical (unpaired) electrons. The van der Waals surface area contributed by atoms with Crippen LogP contribution in [0, 0.1) is 11.7 Å². The molecule has 1 N–H and O–H groups in total. The predicted octanol–water partition coefficient (Wildman–Crippen LogP) is 1.82. The van der Waals surface area contributed by atoms with E-state index in [1.165, 1.54) is 17.0 Å². The van der Waals surface area contributed by atoms with Gasteiger partial charge in [-0.3, -0.25) is 4.79 Å². The smallest absolute Gasteiger partial charge is 0.227 e. The highest BCUT2D eigenvalue weighted by molar-refractivity contribution is 6.31. The van der Waals surface area contributed by atoms with Crippen molar-refractivity contribution < 1.29 is 14.3 Å². The highest BCUT2D eigenvalue weighted by Gasteiger charge is 2.31. The molecule has 0 bridgehead atoms. The summed E-state index contributed by atoms with van der Waals surface area (Å²) < 4.78 is 13.7. The standard InChI is InChI=1S/C11H11ClFNO2/c12-8-2-1-3-9(11(8)13)14-5-7(6-15)4-10(14)16/h1-3,7,15H,4-6H2. The van der Waals surface area contributed by atoms with Gasteiger partial charge in [0.15, 0.2) is 5.82 Å². The van der Waals surface area contributed by atoms with Gasteiger partial charge >= 0.3 is 0 Å². The fraction of sp³-hybridized carbons (Fsp3) is 0.364. The third-order valence-corrected chi connectivity index (χ3v) is 2.98. The summed E-state index contributed by atoms with van der Waals surface area (Å²) in [6, 6.07) is 4.55. The van der Waals surface area contributed by atoms with E-state index in [2.05, 4.69) is 0 Å². The summed E-state index contributed by atoms with van der Waals surface area (Å²) in [6.07, 6.45) is 0.252. The lowest BCUT2D eigenvalue weighted by Gasteiger charge is -2.17. The summed E-state index contributed by atoms with van der Waals surface area (Å²) >= 11 is 5.65. The Bertz CT molecular complexity index is 424. The molecular weight excluding hydrogens is 233 g/mol. The molecule has 2 rings (SSSR count). The van der Waals surface area contributed by atoms with Crippen LogP contribution in [0.5, 0.6) is 0 Å². The average Bonchev–Trinajstić information content (AvgIpc) is 2.64. The van der Waals surface area contributed by atoms with Gasteiger partial charge in [0.05, 0.1) is 10.7 Å². The van der Waals surface area contributed by atoms with E-state index in [9.17, 15) is 9.18 Å². The Morgan fingerprint density at radius 3 is 2.94 bits per heavy atom. The van der Waals surface area contributed by atoms with Crippen molar-refractivity contribution in [2.24, 2.45) is 5.92 Å². The largest absolute Gasteiger partial charge is 0.396 e. The maximum Gasteiger partial charge on any atom is 0.227 e. The van der Waals surface area contributed by atoms with E-state index >= 15 is 0 Å². The Hall–Kier alpha value is -1.13. The molecule has 1 atom stereocenters. The number of aliphatic hydroxyl groups excluding tert-OH is 1. The predicted molar refractivity (Wildman–Crippen MR) is 59.0 cm³/mol. The topological polar surface area (TPSA) is 40.5 Å². The number of aliphatic hydroxyl groups is 1. The summed E-state index contributed by atoms with van der Waals surface area (Å²) in [5.41, 5.74) is 0.188. The van der Waals surface area contributed by atoms with Crippen LogP contribution >= 0.6 is 11.6 Å². The molecule has 0 spiro atoms. The van der Waals surface area contributed by atoms with Crippen LogP contribution in [0.15, 0.2) is 18.2 Å². The summed E-state index contributed by atoms with van der Waals surface area (Å²) in [5, 5.41) is 8.97. The lowest BCUT2D eigenvalue weighted by Crippen LogP contribution is -2.25. The Balaban J connectivity index is 2.31. The van der Waals surface area contributed by atoms with Gasteiger partial charge in [-0.15, -0.1) is 0 Å². The van der Waals surface area contributed by atoms with Crippen molar-refractivity contribution in [2.45, 2.75) is 6.42 Å². The molecule has 3 nitrogen and oxygen atoms in total. The molecule has 5 heteroatoms. The van der Waals surface area contributed by atoms with Gasteiger partial charge in [-0.1, -0.05) is 17.7 Å². The molecule has 1 aliphatic rings. The van der Waals surface area contributed by atoms with E-state index in [0.29, 0.717) is 6.54 Å². The third kappa shape index (κ3) is 1.90. The molecule has 1 aromatic rings. The number of carbonyl (C=O) groups is 1. The van der Waals surface area contributed by atoms with Crippen molar-refractivity contribution in [1.29, 1.82) is 0 Å². The van der Waals surface area contributed by atoms with Crippen molar-refractivity contribution in [1.82, 2.24) is 0 Å². The van der Waals surface area contributed by atoms with Crippen molar-refractivity contribution in [3.8, 4) is 0 Å². The molecule has 1 unspecified atom stereocenters. The van der Waals surface area contributed by atoms with E-state index in [4.69, 9.17) is 16.7 Å². The summed E-state index contributed by atoms with van der Waals surface area (Å²) in [6.45, 7) is 0.275. The second-order valence-corrected chi connectivity index (χ2v) is 4.24. The number of anilines is 1. The Morgan fingerprint density at radius 2 is 2.31 bits per heavy atom.